The fraction of sp³-hybridized carbons (Fsp3) is 0.619. The second-order valence-electron chi connectivity index (χ2n) is 8.04. The summed E-state index contributed by atoms with van der Waals surface area (Å²) in [5.41, 5.74) is 9.08. The van der Waals surface area contributed by atoms with Gasteiger partial charge >= 0.3 is 0 Å². The van der Waals surface area contributed by atoms with Crippen LogP contribution < -0.4 is 11.1 Å². The Labute approximate surface area is 186 Å². The number of halogens is 2. The van der Waals surface area contributed by atoms with E-state index in [0.717, 1.165) is 55.6 Å². The van der Waals surface area contributed by atoms with Gasteiger partial charge in [0.1, 0.15) is 0 Å². The molecule has 164 valence electrons. The van der Waals surface area contributed by atoms with Crippen LogP contribution in [0.2, 0.25) is 0 Å². The van der Waals surface area contributed by atoms with Crippen molar-refractivity contribution in [2.45, 2.75) is 45.6 Å². The average molecular weight is 445 g/mol. The molecule has 2 amide bonds. The molecule has 2 fully saturated rings. The van der Waals surface area contributed by atoms with Crippen molar-refractivity contribution in [3.05, 3.63) is 29.3 Å². The Kier molecular flexibility index (Phi) is 10.4. The summed E-state index contributed by atoms with van der Waals surface area (Å²) in [4.78, 5) is 29.2. The molecule has 1 aromatic carbocycles. The van der Waals surface area contributed by atoms with Crippen molar-refractivity contribution in [2.75, 3.05) is 38.0 Å². The molecule has 2 aliphatic rings. The zero-order valence-corrected chi connectivity index (χ0v) is 19.0. The molecule has 1 heterocycles. The highest BCUT2D eigenvalue weighted by Crippen LogP contribution is 2.25. The second kappa shape index (κ2) is 11.7. The standard InChI is InChI=1S/C21H32N4O2.2ClH/c1-15-5-3-6-16(2)20(15)23-19(26)14-24-9-11-25(12-10-24)21(27)17-7-4-8-18(22)13-17;;/h3,5-6,17-18H,4,7-14,22H2,1-2H3,(H,23,26);2*1H. The highest BCUT2D eigenvalue weighted by Gasteiger charge is 2.31. The van der Waals surface area contributed by atoms with Gasteiger partial charge in [-0.3, -0.25) is 14.5 Å². The number of amides is 2. The Morgan fingerprint density at radius 2 is 1.69 bits per heavy atom. The van der Waals surface area contributed by atoms with Gasteiger partial charge in [-0.2, -0.15) is 0 Å². The monoisotopic (exact) mass is 444 g/mol. The van der Waals surface area contributed by atoms with Crippen molar-refractivity contribution < 1.29 is 9.59 Å². The predicted octanol–water partition coefficient (Wildman–Crippen LogP) is 2.75. The molecule has 0 radical (unpaired) electrons. The second-order valence-corrected chi connectivity index (χ2v) is 8.04. The van der Waals surface area contributed by atoms with E-state index in [9.17, 15) is 9.59 Å². The predicted molar refractivity (Wildman–Crippen MR) is 122 cm³/mol. The van der Waals surface area contributed by atoms with Crippen LogP contribution in [0.4, 0.5) is 5.69 Å². The first kappa shape index (κ1) is 25.7. The van der Waals surface area contributed by atoms with E-state index in [4.69, 9.17) is 5.73 Å². The lowest BCUT2D eigenvalue weighted by molar-refractivity contribution is -0.138. The van der Waals surface area contributed by atoms with E-state index in [1.165, 1.54) is 0 Å². The number of piperazine rings is 1. The highest BCUT2D eigenvalue weighted by molar-refractivity contribution is 5.93. The van der Waals surface area contributed by atoms with Crippen molar-refractivity contribution in [3.63, 3.8) is 0 Å². The Bertz CT molecular complexity index is 673. The zero-order chi connectivity index (χ0) is 19.4. The SMILES string of the molecule is Cc1cccc(C)c1NC(=O)CN1CCN(C(=O)C2CCCC(N)C2)CC1.Cl.Cl. The third kappa shape index (κ3) is 6.85. The lowest BCUT2D eigenvalue weighted by atomic mass is 9.85. The van der Waals surface area contributed by atoms with Gasteiger partial charge < -0.3 is 16.0 Å². The van der Waals surface area contributed by atoms with E-state index in [0.29, 0.717) is 19.6 Å². The van der Waals surface area contributed by atoms with Crippen LogP contribution in [0.25, 0.3) is 0 Å². The number of nitrogens with one attached hydrogen (secondary N) is 1. The quantitative estimate of drug-likeness (QED) is 0.747. The number of hydrogen-bond donors (Lipinski definition) is 2. The van der Waals surface area contributed by atoms with Crippen LogP contribution in [-0.2, 0) is 9.59 Å². The first-order valence-corrected chi connectivity index (χ1v) is 10.1. The maximum atomic E-state index is 12.7. The molecular formula is C21H34Cl2N4O2. The van der Waals surface area contributed by atoms with Crippen LogP contribution in [0.5, 0.6) is 0 Å². The summed E-state index contributed by atoms with van der Waals surface area (Å²) in [5.74, 6) is 0.350. The van der Waals surface area contributed by atoms with Crippen molar-refractivity contribution in [1.29, 1.82) is 0 Å². The van der Waals surface area contributed by atoms with E-state index in [-0.39, 0.29) is 48.6 Å². The molecule has 1 aromatic rings. The van der Waals surface area contributed by atoms with Crippen LogP contribution in [0.15, 0.2) is 18.2 Å². The molecule has 3 N–H and O–H groups in total. The number of para-hydroxylation sites is 1. The maximum Gasteiger partial charge on any atom is 0.238 e. The van der Waals surface area contributed by atoms with Crippen LogP contribution >= 0.6 is 24.8 Å². The minimum Gasteiger partial charge on any atom is -0.340 e. The van der Waals surface area contributed by atoms with E-state index < -0.39 is 0 Å². The zero-order valence-electron chi connectivity index (χ0n) is 17.4. The van der Waals surface area contributed by atoms with E-state index in [1.54, 1.807) is 0 Å². The lowest BCUT2D eigenvalue weighted by Crippen LogP contribution is -2.52. The van der Waals surface area contributed by atoms with Crippen molar-refractivity contribution >= 4 is 42.3 Å². The van der Waals surface area contributed by atoms with Gasteiger partial charge in [-0.05, 0) is 44.2 Å². The van der Waals surface area contributed by atoms with E-state index in [1.807, 2.05) is 36.9 Å². The topological polar surface area (TPSA) is 78.7 Å². The van der Waals surface area contributed by atoms with Crippen molar-refractivity contribution in [1.82, 2.24) is 9.80 Å². The lowest BCUT2D eigenvalue weighted by Gasteiger charge is -2.37. The van der Waals surface area contributed by atoms with Gasteiger partial charge in [-0.15, -0.1) is 24.8 Å². The first-order valence-electron chi connectivity index (χ1n) is 10.1. The molecule has 0 bridgehead atoms. The number of nitrogens with two attached hydrogens (primary N) is 1. The molecule has 8 heteroatoms. The summed E-state index contributed by atoms with van der Waals surface area (Å²) in [6, 6.07) is 6.17. The Morgan fingerprint density at radius 1 is 1.07 bits per heavy atom. The number of hydrogen-bond acceptors (Lipinski definition) is 4. The largest absolute Gasteiger partial charge is 0.340 e. The molecule has 29 heavy (non-hydrogen) atoms. The minimum absolute atomic E-state index is 0. The maximum absolute atomic E-state index is 12.7. The highest BCUT2D eigenvalue weighted by atomic mass is 35.5. The van der Waals surface area contributed by atoms with Gasteiger partial charge in [0.15, 0.2) is 0 Å². The van der Waals surface area contributed by atoms with Gasteiger partial charge in [0.25, 0.3) is 0 Å². The van der Waals surface area contributed by atoms with Crippen LogP contribution in [-0.4, -0.2) is 60.4 Å². The molecule has 2 atom stereocenters. The molecule has 1 aliphatic heterocycles. The fourth-order valence-electron chi connectivity index (χ4n) is 4.23. The number of anilines is 1. The Balaban J connectivity index is 0.00000210. The number of carbonyl (C=O) groups excluding carboxylic acids is 2. The van der Waals surface area contributed by atoms with E-state index >= 15 is 0 Å². The van der Waals surface area contributed by atoms with Crippen molar-refractivity contribution in [2.24, 2.45) is 11.7 Å². The normalized spacial score (nSPS) is 22.2. The molecule has 6 nitrogen and oxygen atoms in total. The number of benzene rings is 1. The third-order valence-corrected chi connectivity index (χ3v) is 5.86. The molecule has 0 spiro atoms. The molecule has 2 unspecified atom stereocenters. The summed E-state index contributed by atoms with van der Waals surface area (Å²) in [7, 11) is 0. The summed E-state index contributed by atoms with van der Waals surface area (Å²) >= 11 is 0. The summed E-state index contributed by atoms with van der Waals surface area (Å²) < 4.78 is 0. The van der Waals surface area contributed by atoms with Gasteiger partial charge in [0, 0.05) is 43.8 Å². The number of aryl methyl sites for hydroxylation is 2. The summed E-state index contributed by atoms with van der Waals surface area (Å²) in [5, 5.41) is 3.04. The number of nitrogens with zero attached hydrogens (tertiary/aromatic N) is 2. The third-order valence-electron chi connectivity index (χ3n) is 5.86. The number of rotatable bonds is 4. The Hall–Kier alpha value is -1.34. The molecule has 1 aliphatic carbocycles. The fourth-order valence-corrected chi connectivity index (χ4v) is 4.23. The average Bonchev–Trinajstić information content (AvgIpc) is 2.65. The summed E-state index contributed by atoms with van der Waals surface area (Å²) in [6.45, 7) is 7.25. The van der Waals surface area contributed by atoms with Gasteiger partial charge in [-0.1, -0.05) is 24.6 Å². The van der Waals surface area contributed by atoms with Crippen LogP contribution in [0.1, 0.15) is 36.8 Å². The van der Waals surface area contributed by atoms with Gasteiger partial charge in [-0.25, -0.2) is 0 Å². The van der Waals surface area contributed by atoms with Crippen LogP contribution in [0, 0.1) is 19.8 Å². The molecule has 1 saturated carbocycles. The van der Waals surface area contributed by atoms with Gasteiger partial charge in [0.2, 0.25) is 11.8 Å². The minimum atomic E-state index is 0. The number of carbonyl (C=O) groups is 2. The van der Waals surface area contributed by atoms with Gasteiger partial charge in [0.05, 0.1) is 6.54 Å². The molecule has 3 rings (SSSR count). The molecule has 1 saturated heterocycles. The molecular weight excluding hydrogens is 411 g/mol. The first-order chi connectivity index (χ1) is 12.9. The van der Waals surface area contributed by atoms with E-state index in [2.05, 4.69) is 10.2 Å². The molecule has 0 aromatic heterocycles. The smallest absolute Gasteiger partial charge is 0.238 e. The van der Waals surface area contributed by atoms with Crippen molar-refractivity contribution in [3.8, 4) is 0 Å². The Morgan fingerprint density at radius 3 is 2.28 bits per heavy atom. The van der Waals surface area contributed by atoms with Crippen LogP contribution in [0.3, 0.4) is 0 Å². The summed E-state index contributed by atoms with van der Waals surface area (Å²) in [6.07, 6.45) is 3.87.